The van der Waals surface area contributed by atoms with Gasteiger partial charge in [-0.3, -0.25) is 0 Å². The molecule has 1 aliphatic heterocycles. The minimum absolute atomic E-state index is 0.184. The lowest BCUT2D eigenvalue weighted by Gasteiger charge is -2.19. The number of nitrogens with one attached hydrogen (secondary N) is 2. The summed E-state index contributed by atoms with van der Waals surface area (Å²) in [5.74, 6) is 2.31. The maximum Gasteiger partial charge on any atom is 0.124 e. The molecule has 6 heteroatoms. The Hall–Kier alpha value is -1.89. The molecule has 2 aromatic rings. The standard InChI is InChI=1S/C20H26N2O3S/c1-2-26(23)22-11-13-24-17-8-9-20-18(15-17)19(21-10-12-25-20)14-16-6-4-3-5-7-16/h3-9,15,19,21-22H,2,10-14H2,1H3. The summed E-state index contributed by atoms with van der Waals surface area (Å²) >= 11 is 0. The van der Waals surface area contributed by atoms with Crippen LogP contribution in [0.25, 0.3) is 0 Å². The van der Waals surface area contributed by atoms with E-state index in [1.165, 1.54) is 5.56 Å². The average Bonchev–Trinajstić information content (AvgIpc) is 2.88. The van der Waals surface area contributed by atoms with E-state index in [9.17, 15) is 4.21 Å². The molecule has 0 amide bonds. The van der Waals surface area contributed by atoms with Crippen molar-refractivity contribution < 1.29 is 13.7 Å². The van der Waals surface area contributed by atoms with Crippen LogP contribution in [0.2, 0.25) is 0 Å². The Bertz CT molecular complexity index is 724. The van der Waals surface area contributed by atoms with Crippen LogP contribution in [0.1, 0.15) is 24.1 Å². The molecule has 140 valence electrons. The molecule has 5 nitrogen and oxygen atoms in total. The van der Waals surface area contributed by atoms with Crippen molar-refractivity contribution in [2.75, 3.05) is 32.1 Å². The highest BCUT2D eigenvalue weighted by Crippen LogP contribution is 2.32. The van der Waals surface area contributed by atoms with Crippen LogP contribution in [-0.2, 0) is 17.4 Å². The zero-order chi connectivity index (χ0) is 18.2. The number of rotatable bonds is 8. The molecule has 1 aliphatic rings. The molecule has 1 heterocycles. The summed E-state index contributed by atoms with van der Waals surface area (Å²) in [7, 11) is -0.977. The van der Waals surface area contributed by atoms with Crippen molar-refractivity contribution in [2.45, 2.75) is 19.4 Å². The Labute approximate surface area is 157 Å². The van der Waals surface area contributed by atoms with Gasteiger partial charge in [0.15, 0.2) is 0 Å². The van der Waals surface area contributed by atoms with Crippen molar-refractivity contribution in [2.24, 2.45) is 0 Å². The van der Waals surface area contributed by atoms with E-state index < -0.39 is 11.0 Å². The fourth-order valence-electron chi connectivity index (χ4n) is 2.98. The Balaban J connectivity index is 1.68. The quantitative estimate of drug-likeness (QED) is 0.698. The van der Waals surface area contributed by atoms with Crippen LogP contribution >= 0.6 is 0 Å². The second-order valence-electron chi connectivity index (χ2n) is 6.12. The van der Waals surface area contributed by atoms with Gasteiger partial charge in [-0.25, -0.2) is 8.93 Å². The largest absolute Gasteiger partial charge is 0.492 e. The SMILES string of the molecule is CCS(=O)NCCOc1ccc2c(c1)C(Cc1ccccc1)NCCO2. The Morgan fingerprint density at radius 2 is 2.12 bits per heavy atom. The second-order valence-corrected chi connectivity index (χ2v) is 7.68. The van der Waals surface area contributed by atoms with Gasteiger partial charge in [0.2, 0.25) is 0 Å². The Kier molecular flexibility index (Phi) is 7.05. The third-order valence-electron chi connectivity index (χ3n) is 4.29. The molecule has 3 rings (SSSR count). The number of fused-ring (bicyclic) bond motifs is 1. The van der Waals surface area contributed by atoms with E-state index in [-0.39, 0.29) is 6.04 Å². The maximum absolute atomic E-state index is 11.4. The van der Waals surface area contributed by atoms with E-state index in [0.29, 0.717) is 25.5 Å². The van der Waals surface area contributed by atoms with Gasteiger partial charge in [-0.1, -0.05) is 37.3 Å². The highest BCUT2D eigenvalue weighted by Gasteiger charge is 2.20. The molecule has 2 atom stereocenters. The van der Waals surface area contributed by atoms with E-state index in [1.54, 1.807) is 0 Å². The molecule has 0 bridgehead atoms. The van der Waals surface area contributed by atoms with E-state index in [4.69, 9.17) is 9.47 Å². The van der Waals surface area contributed by atoms with Crippen molar-refractivity contribution in [1.29, 1.82) is 0 Å². The fraction of sp³-hybridized carbons (Fsp3) is 0.400. The van der Waals surface area contributed by atoms with Crippen LogP contribution in [0.15, 0.2) is 48.5 Å². The fourth-order valence-corrected chi connectivity index (χ4v) is 3.50. The van der Waals surface area contributed by atoms with Gasteiger partial charge < -0.3 is 14.8 Å². The predicted molar refractivity (Wildman–Crippen MR) is 105 cm³/mol. The first kappa shape index (κ1) is 18.9. The number of hydrogen-bond donors (Lipinski definition) is 2. The molecule has 2 aromatic carbocycles. The van der Waals surface area contributed by atoms with Crippen molar-refractivity contribution in [1.82, 2.24) is 10.0 Å². The van der Waals surface area contributed by atoms with Gasteiger partial charge in [0, 0.05) is 30.4 Å². The van der Waals surface area contributed by atoms with Gasteiger partial charge in [0.05, 0.1) is 11.0 Å². The first-order valence-electron chi connectivity index (χ1n) is 9.05. The molecule has 0 aliphatic carbocycles. The van der Waals surface area contributed by atoms with Crippen LogP contribution in [0, 0.1) is 0 Å². The monoisotopic (exact) mass is 374 g/mol. The molecule has 0 radical (unpaired) electrons. The Morgan fingerprint density at radius 3 is 2.92 bits per heavy atom. The summed E-state index contributed by atoms with van der Waals surface area (Å²) in [4.78, 5) is 0. The number of benzene rings is 2. The van der Waals surface area contributed by atoms with Crippen LogP contribution in [0.4, 0.5) is 0 Å². The maximum atomic E-state index is 11.4. The van der Waals surface area contributed by atoms with E-state index in [0.717, 1.165) is 30.0 Å². The van der Waals surface area contributed by atoms with Gasteiger partial charge in [-0.2, -0.15) is 0 Å². The molecule has 0 fully saturated rings. The highest BCUT2D eigenvalue weighted by molar-refractivity contribution is 7.82. The lowest BCUT2D eigenvalue weighted by Crippen LogP contribution is -2.25. The minimum atomic E-state index is -0.977. The third kappa shape index (κ3) is 5.30. The molecular formula is C20H26N2O3S. The molecule has 2 N–H and O–H groups in total. The Morgan fingerprint density at radius 1 is 1.27 bits per heavy atom. The lowest BCUT2D eigenvalue weighted by molar-refractivity contribution is 0.316. The van der Waals surface area contributed by atoms with Crippen molar-refractivity contribution in [3.8, 4) is 11.5 Å². The highest BCUT2D eigenvalue weighted by atomic mass is 32.2. The lowest BCUT2D eigenvalue weighted by atomic mass is 9.98. The minimum Gasteiger partial charge on any atom is -0.492 e. The summed E-state index contributed by atoms with van der Waals surface area (Å²) in [6.07, 6.45) is 0.900. The first-order chi connectivity index (χ1) is 12.8. The van der Waals surface area contributed by atoms with E-state index in [1.807, 2.05) is 25.1 Å². The molecule has 0 spiro atoms. The topological polar surface area (TPSA) is 59.6 Å². The summed E-state index contributed by atoms with van der Waals surface area (Å²) in [5.41, 5.74) is 2.41. The van der Waals surface area contributed by atoms with Crippen molar-refractivity contribution >= 4 is 11.0 Å². The zero-order valence-corrected chi connectivity index (χ0v) is 15.9. The average molecular weight is 375 g/mol. The van der Waals surface area contributed by atoms with E-state index in [2.05, 4.69) is 40.4 Å². The summed E-state index contributed by atoms with van der Waals surface area (Å²) in [5, 5.41) is 3.57. The van der Waals surface area contributed by atoms with Crippen LogP contribution < -0.4 is 19.5 Å². The molecule has 0 saturated heterocycles. The van der Waals surface area contributed by atoms with Crippen LogP contribution in [-0.4, -0.2) is 36.3 Å². The molecular weight excluding hydrogens is 348 g/mol. The second kappa shape index (κ2) is 9.71. The number of ether oxygens (including phenoxy) is 2. The smallest absolute Gasteiger partial charge is 0.124 e. The van der Waals surface area contributed by atoms with Crippen LogP contribution in [0.5, 0.6) is 11.5 Å². The molecule has 26 heavy (non-hydrogen) atoms. The molecule has 2 unspecified atom stereocenters. The van der Waals surface area contributed by atoms with Crippen LogP contribution in [0.3, 0.4) is 0 Å². The van der Waals surface area contributed by atoms with Gasteiger partial charge in [-0.05, 0) is 30.2 Å². The van der Waals surface area contributed by atoms with Gasteiger partial charge in [-0.15, -0.1) is 0 Å². The normalized spacial score (nSPS) is 17.7. The van der Waals surface area contributed by atoms with Crippen molar-refractivity contribution in [3.05, 3.63) is 59.7 Å². The summed E-state index contributed by atoms with van der Waals surface area (Å²) < 4.78 is 26.0. The first-order valence-corrected chi connectivity index (χ1v) is 10.4. The van der Waals surface area contributed by atoms with E-state index >= 15 is 0 Å². The summed E-state index contributed by atoms with van der Waals surface area (Å²) in [6, 6.07) is 16.6. The predicted octanol–water partition coefficient (Wildman–Crippen LogP) is 2.60. The molecule has 0 aromatic heterocycles. The van der Waals surface area contributed by atoms with Crippen molar-refractivity contribution in [3.63, 3.8) is 0 Å². The van der Waals surface area contributed by atoms with Gasteiger partial charge in [0.1, 0.15) is 24.7 Å². The van der Waals surface area contributed by atoms with Gasteiger partial charge in [0.25, 0.3) is 0 Å². The third-order valence-corrected chi connectivity index (χ3v) is 5.34. The summed E-state index contributed by atoms with van der Waals surface area (Å²) in [6.45, 7) is 4.39. The van der Waals surface area contributed by atoms with Gasteiger partial charge >= 0.3 is 0 Å². The zero-order valence-electron chi connectivity index (χ0n) is 15.1. The molecule has 0 saturated carbocycles. The number of hydrogen-bond acceptors (Lipinski definition) is 4.